The largest absolute Gasteiger partial charge is 0.206 e. The molecule has 1 heterocycles. The summed E-state index contributed by atoms with van der Waals surface area (Å²) < 4.78 is 13.1. The normalized spacial score (nSPS) is 14.2. The second-order valence-corrected chi connectivity index (χ2v) is 2.42. The maximum absolute atomic E-state index is 13.1. The number of allylic oxidation sites excluding steroid dienone is 1. The predicted molar refractivity (Wildman–Crippen MR) is 45.0 cm³/mol. The van der Waals surface area contributed by atoms with Crippen LogP contribution in [0.1, 0.15) is 5.56 Å². The number of rotatable bonds is 1. The number of benzene rings is 1. The van der Waals surface area contributed by atoms with E-state index in [1.165, 1.54) is 6.07 Å². The highest BCUT2D eigenvalue weighted by Crippen LogP contribution is 2.17. The second-order valence-electron chi connectivity index (χ2n) is 2.42. The fourth-order valence-corrected chi connectivity index (χ4v) is 1.06. The van der Waals surface area contributed by atoms with Gasteiger partial charge >= 0.3 is 0 Å². The van der Waals surface area contributed by atoms with E-state index in [1.807, 2.05) is 0 Å². The van der Waals surface area contributed by atoms with Crippen LogP contribution in [0.3, 0.4) is 0 Å². The Kier molecular flexibility index (Phi) is 1.63. The topological polar surface area (TPSA) is 26.5 Å². The van der Waals surface area contributed by atoms with Gasteiger partial charge in [-0.2, -0.15) is 10.5 Å². The summed E-state index contributed by atoms with van der Waals surface area (Å²) in [5, 5.41) is 3.62. The summed E-state index contributed by atoms with van der Waals surface area (Å²) in [6, 6.07) is 6.56. The zero-order valence-electron chi connectivity index (χ0n) is 6.24. The van der Waals surface area contributed by atoms with E-state index in [-0.39, 0.29) is 5.82 Å². The fourth-order valence-electron chi connectivity index (χ4n) is 1.06. The highest BCUT2D eigenvalue weighted by Gasteiger charge is 2.07. The third-order valence-corrected chi connectivity index (χ3v) is 1.65. The maximum atomic E-state index is 13.1. The molecule has 1 aliphatic heterocycles. The Morgan fingerprint density at radius 3 is 2.67 bits per heavy atom. The van der Waals surface area contributed by atoms with E-state index in [9.17, 15) is 4.39 Å². The van der Waals surface area contributed by atoms with Gasteiger partial charge in [0.15, 0.2) is 0 Å². The van der Waals surface area contributed by atoms with Crippen LogP contribution < -0.4 is 5.43 Å². The lowest BCUT2D eigenvalue weighted by Gasteiger charge is -1.98. The van der Waals surface area contributed by atoms with Crippen molar-refractivity contribution in [3.05, 3.63) is 41.8 Å². The van der Waals surface area contributed by atoms with Gasteiger partial charge in [0.05, 0.1) is 12.4 Å². The highest BCUT2D eigenvalue weighted by atomic mass is 19.1. The Morgan fingerprint density at radius 2 is 2.00 bits per heavy atom. The molecular formula is C9H6FN2. The Morgan fingerprint density at radius 1 is 1.17 bits per heavy atom. The Bertz CT molecular complexity index is 355. The van der Waals surface area contributed by atoms with Gasteiger partial charge in [-0.05, 0) is 6.07 Å². The van der Waals surface area contributed by atoms with Crippen LogP contribution in [0.25, 0.3) is 5.57 Å². The average Bonchev–Trinajstić information content (AvgIpc) is 2.57. The summed E-state index contributed by atoms with van der Waals surface area (Å²) in [7, 11) is 0. The molecule has 1 radical (unpaired) electrons. The molecule has 12 heavy (non-hydrogen) atoms. The molecule has 0 spiro atoms. The molecule has 1 aliphatic rings. The standard InChI is InChI=1S/C9H6FN2/c10-9-4-2-1-3-8(9)7-5-11-12-6-7/h1-6H. The molecule has 0 aliphatic carbocycles. The molecule has 1 aromatic carbocycles. The molecule has 0 fully saturated rings. The van der Waals surface area contributed by atoms with E-state index < -0.39 is 0 Å². The van der Waals surface area contributed by atoms with Crippen LogP contribution in [0.15, 0.2) is 35.6 Å². The average molecular weight is 161 g/mol. The van der Waals surface area contributed by atoms with Crippen LogP contribution in [-0.4, -0.2) is 6.21 Å². The molecule has 3 heteroatoms. The first kappa shape index (κ1) is 7.03. The molecule has 1 aromatic rings. The van der Waals surface area contributed by atoms with Crippen molar-refractivity contribution in [2.24, 2.45) is 5.10 Å². The molecule has 59 valence electrons. The maximum Gasteiger partial charge on any atom is 0.131 e. The van der Waals surface area contributed by atoms with Gasteiger partial charge in [-0.1, -0.05) is 18.2 Å². The summed E-state index contributed by atoms with van der Waals surface area (Å²) in [6.07, 6.45) is 3.08. The van der Waals surface area contributed by atoms with E-state index >= 15 is 0 Å². The van der Waals surface area contributed by atoms with Crippen LogP contribution in [0.4, 0.5) is 4.39 Å². The summed E-state index contributed by atoms with van der Waals surface area (Å²) in [5.74, 6) is -0.243. The highest BCUT2D eigenvalue weighted by molar-refractivity contribution is 6.10. The Balaban J connectivity index is 2.46. The minimum atomic E-state index is -0.243. The molecular weight excluding hydrogens is 155 g/mol. The van der Waals surface area contributed by atoms with Crippen molar-refractivity contribution in [2.45, 2.75) is 0 Å². The Hall–Kier alpha value is -1.64. The molecule has 2 rings (SSSR count). The third-order valence-electron chi connectivity index (χ3n) is 1.65. The van der Waals surface area contributed by atoms with Gasteiger partial charge in [0, 0.05) is 11.1 Å². The lowest BCUT2D eigenvalue weighted by molar-refractivity contribution is 0.624. The van der Waals surface area contributed by atoms with Gasteiger partial charge < -0.3 is 0 Å². The van der Waals surface area contributed by atoms with Crippen LogP contribution in [0.5, 0.6) is 0 Å². The molecule has 0 amide bonds. The first-order chi connectivity index (χ1) is 5.88. The quantitative estimate of drug-likeness (QED) is 0.600. The summed E-state index contributed by atoms with van der Waals surface area (Å²) >= 11 is 0. The molecule has 0 bridgehead atoms. The fraction of sp³-hybridized carbons (Fsp3) is 0. The van der Waals surface area contributed by atoms with E-state index in [2.05, 4.69) is 10.5 Å². The van der Waals surface area contributed by atoms with E-state index in [0.717, 1.165) is 0 Å². The van der Waals surface area contributed by atoms with Crippen molar-refractivity contribution < 1.29 is 4.39 Å². The van der Waals surface area contributed by atoms with Gasteiger partial charge in [0.25, 0.3) is 0 Å². The van der Waals surface area contributed by atoms with Crippen molar-refractivity contribution in [1.29, 1.82) is 0 Å². The number of halogens is 1. The van der Waals surface area contributed by atoms with Crippen molar-refractivity contribution >= 4 is 11.8 Å². The second kappa shape index (κ2) is 2.77. The minimum Gasteiger partial charge on any atom is -0.206 e. The van der Waals surface area contributed by atoms with Gasteiger partial charge in [-0.25, -0.2) is 4.39 Å². The molecule has 0 N–H and O–H groups in total. The lowest BCUT2D eigenvalue weighted by Crippen LogP contribution is -1.87. The predicted octanol–water partition coefficient (Wildman–Crippen LogP) is 1.77. The van der Waals surface area contributed by atoms with E-state index in [0.29, 0.717) is 11.1 Å². The summed E-state index contributed by atoms with van der Waals surface area (Å²) in [6.45, 7) is 0. The smallest absolute Gasteiger partial charge is 0.131 e. The molecule has 0 saturated carbocycles. The van der Waals surface area contributed by atoms with Gasteiger partial charge in [0.1, 0.15) is 5.82 Å². The molecule has 0 saturated heterocycles. The van der Waals surface area contributed by atoms with E-state index in [4.69, 9.17) is 0 Å². The van der Waals surface area contributed by atoms with Crippen molar-refractivity contribution in [3.8, 4) is 0 Å². The molecule has 0 aromatic heterocycles. The van der Waals surface area contributed by atoms with Gasteiger partial charge in [0.2, 0.25) is 0 Å². The number of hydrogen-bond donors (Lipinski definition) is 0. The van der Waals surface area contributed by atoms with Crippen LogP contribution in [0, 0.1) is 5.82 Å². The first-order valence-electron chi connectivity index (χ1n) is 3.56. The van der Waals surface area contributed by atoms with Crippen LogP contribution in [-0.2, 0) is 0 Å². The van der Waals surface area contributed by atoms with Crippen molar-refractivity contribution in [3.63, 3.8) is 0 Å². The summed E-state index contributed by atoms with van der Waals surface area (Å²) in [4.78, 5) is 0. The van der Waals surface area contributed by atoms with Crippen LogP contribution in [0.2, 0.25) is 0 Å². The lowest BCUT2D eigenvalue weighted by atomic mass is 10.1. The molecule has 0 atom stereocenters. The van der Waals surface area contributed by atoms with Crippen molar-refractivity contribution in [1.82, 2.24) is 5.43 Å². The molecule has 2 nitrogen and oxygen atoms in total. The van der Waals surface area contributed by atoms with E-state index in [1.54, 1.807) is 30.6 Å². The number of nitrogens with zero attached hydrogens (tertiary/aromatic N) is 2. The summed E-state index contributed by atoms with van der Waals surface area (Å²) in [5.41, 5.74) is 4.88. The Labute approximate surface area is 69.4 Å². The zero-order chi connectivity index (χ0) is 8.39. The zero-order valence-corrected chi connectivity index (χ0v) is 6.24. The van der Waals surface area contributed by atoms with Gasteiger partial charge in [-0.15, -0.1) is 0 Å². The van der Waals surface area contributed by atoms with Crippen LogP contribution >= 0.6 is 0 Å². The third kappa shape index (κ3) is 1.09. The first-order valence-corrected chi connectivity index (χ1v) is 3.56. The van der Waals surface area contributed by atoms with Gasteiger partial charge in [-0.3, -0.25) is 0 Å². The monoisotopic (exact) mass is 161 g/mol. The minimum absolute atomic E-state index is 0.243. The molecule has 0 unspecified atom stereocenters. The van der Waals surface area contributed by atoms with Crippen molar-refractivity contribution in [2.75, 3.05) is 0 Å². The SMILES string of the molecule is Fc1ccccc1C1=C[N]N=C1. The number of hydrogen-bond acceptors (Lipinski definition) is 1.